The van der Waals surface area contributed by atoms with E-state index < -0.39 is 0 Å². The first-order valence-electron chi connectivity index (χ1n) is 12.4. The second-order valence-corrected chi connectivity index (χ2v) is 11.3. The number of fused-ring (bicyclic) bond motifs is 2. The lowest BCUT2D eigenvalue weighted by molar-refractivity contribution is 0.0787. The topological polar surface area (TPSA) is 62.3 Å². The standard InChI is InChI=1S/C30H25N3O2S2/c34-28(24-12-3-4-13-25(24)29(35)33-16-5-6-17-33)31-22-14-15-26-27(18-22)37-30(32-26)36-19-21-10-7-9-20-8-1-2-11-23(20)21/h1-4,7-15,18H,5-6,16-17,19H2,(H,31,34). The lowest BCUT2D eigenvalue weighted by Gasteiger charge is -2.17. The van der Waals surface area contributed by atoms with E-state index in [1.165, 1.54) is 16.3 Å². The van der Waals surface area contributed by atoms with E-state index in [0.29, 0.717) is 16.8 Å². The minimum Gasteiger partial charge on any atom is -0.339 e. The third-order valence-electron chi connectivity index (χ3n) is 6.65. The van der Waals surface area contributed by atoms with Crippen LogP contribution in [0.3, 0.4) is 0 Å². The fourth-order valence-corrected chi connectivity index (χ4v) is 6.87. The number of hydrogen-bond acceptors (Lipinski definition) is 5. The molecule has 1 aliphatic heterocycles. The second-order valence-electron chi connectivity index (χ2n) is 9.09. The van der Waals surface area contributed by atoms with Gasteiger partial charge in [0.15, 0.2) is 4.34 Å². The average Bonchev–Trinajstić information content (AvgIpc) is 3.61. The van der Waals surface area contributed by atoms with E-state index in [0.717, 1.165) is 46.2 Å². The molecule has 4 aromatic carbocycles. The van der Waals surface area contributed by atoms with Crippen LogP contribution in [0.4, 0.5) is 5.69 Å². The fraction of sp³-hybridized carbons (Fsp3) is 0.167. The van der Waals surface area contributed by atoms with Crippen molar-refractivity contribution in [2.24, 2.45) is 0 Å². The zero-order chi connectivity index (χ0) is 25.2. The first-order chi connectivity index (χ1) is 18.2. The molecule has 2 amide bonds. The summed E-state index contributed by atoms with van der Waals surface area (Å²) in [4.78, 5) is 32.8. The van der Waals surface area contributed by atoms with Crippen molar-refractivity contribution in [3.05, 3.63) is 102 Å². The summed E-state index contributed by atoms with van der Waals surface area (Å²) < 4.78 is 2.01. The molecule has 2 heterocycles. The number of carbonyl (C=O) groups is 2. The first kappa shape index (κ1) is 23.7. The number of hydrogen-bond donors (Lipinski definition) is 1. The molecule has 5 nitrogen and oxygen atoms in total. The molecule has 7 heteroatoms. The van der Waals surface area contributed by atoms with Crippen LogP contribution in [-0.4, -0.2) is 34.8 Å². The van der Waals surface area contributed by atoms with Crippen molar-refractivity contribution in [3.63, 3.8) is 0 Å². The van der Waals surface area contributed by atoms with Crippen LogP contribution in [0.1, 0.15) is 39.1 Å². The molecule has 1 N–H and O–H groups in total. The summed E-state index contributed by atoms with van der Waals surface area (Å²) in [5, 5.41) is 5.50. The Morgan fingerprint density at radius 3 is 2.51 bits per heavy atom. The Hall–Kier alpha value is -3.68. The summed E-state index contributed by atoms with van der Waals surface area (Å²) in [6, 6.07) is 27.6. The van der Waals surface area contributed by atoms with Gasteiger partial charge in [0, 0.05) is 24.5 Å². The molecular formula is C30H25N3O2S2. The van der Waals surface area contributed by atoms with Crippen LogP contribution in [0.15, 0.2) is 89.3 Å². The number of nitrogens with zero attached hydrogens (tertiary/aromatic N) is 2. The molecule has 184 valence electrons. The van der Waals surface area contributed by atoms with E-state index in [9.17, 15) is 9.59 Å². The average molecular weight is 524 g/mol. The maximum Gasteiger partial charge on any atom is 0.256 e. The van der Waals surface area contributed by atoms with Crippen LogP contribution < -0.4 is 5.32 Å². The van der Waals surface area contributed by atoms with Crippen LogP contribution in [0.25, 0.3) is 21.0 Å². The first-order valence-corrected chi connectivity index (χ1v) is 14.2. The van der Waals surface area contributed by atoms with Gasteiger partial charge in [0.25, 0.3) is 11.8 Å². The van der Waals surface area contributed by atoms with Gasteiger partial charge in [0.2, 0.25) is 0 Å². The summed E-state index contributed by atoms with van der Waals surface area (Å²) in [6.07, 6.45) is 2.02. The number of carbonyl (C=O) groups excluding carboxylic acids is 2. The smallest absolute Gasteiger partial charge is 0.256 e. The number of nitrogens with one attached hydrogen (secondary N) is 1. The van der Waals surface area contributed by atoms with Gasteiger partial charge in [0.1, 0.15) is 0 Å². The number of anilines is 1. The quantitative estimate of drug-likeness (QED) is 0.239. The monoisotopic (exact) mass is 523 g/mol. The van der Waals surface area contributed by atoms with E-state index >= 15 is 0 Å². The Balaban J connectivity index is 1.18. The molecule has 37 heavy (non-hydrogen) atoms. The highest BCUT2D eigenvalue weighted by Gasteiger charge is 2.24. The highest BCUT2D eigenvalue weighted by Crippen LogP contribution is 2.34. The number of benzene rings is 4. The van der Waals surface area contributed by atoms with Crippen molar-refractivity contribution < 1.29 is 9.59 Å². The predicted molar refractivity (Wildman–Crippen MR) is 153 cm³/mol. The fourth-order valence-electron chi connectivity index (χ4n) is 4.76. The summed E-state index contributed by atoms with van der Waals surface area (Å²) in [6.45, 7) is 1.50. The Morgan fingerprint density at radius 2 is 1.65 bits per heavy atom. The highest BCUT2D eigenvalue weighted by molar-refractivity contribution is 8.00. The third kappa shape index (κ3) is 4.97. The Kier molecular flexibility index (Phi) is 6.64. The number of likely N-dealkylation sites (tertiary alicyclic amines) is 1. The summed E-state index contributed by atoms with van der Waals surface area (Å²) in [5.41, 5.74) is 3.74. The van der Waals surface area contributed by atoms with Gasteiger partial charge in [-0.15, -0.1) is 11.3 Å². The van der Waals surface area contributed by atoms with Crippen molar-refractivity contribution >= 4 is 61.6 Å². The lowest BCUT2D eigenvalue weighted by atomic mass is 10.1. The molecule has 5 aromatic rings. The van der Waals surface area contributed by atoms with E-state index in [1.807, 2.05) is 23.1 Å². The van der Waals surface area contributed by atoms with Crippen molar-refractivity contribution in [3.8, 4) is 0 Å². The van der Waals surface area contributed by atoms with Crippen LogP contribution in [0.5, 0.6) is 0 Å². The van der Waals surface area contributed by atoms with E-state index in [4.69, 9.17) is 4.98 Å². The maximum atomic E-state index is 13.2. The van der Waals surface area contributed by atoms with Crippen molar-refractivity contribution in [1.82, 2.24) is 9.88 Å². The van der Waals surface area contributed by atoms with Crippen LogP contribution in [0.2, 0.25) is 0 Å². The van der Waals surface area contributed by atoms with E-state index in [1.54, 1.807) is 47.4 Å². The van der Waals surface area contributed by atoms with Gasteiger partial charge in [0.05, 0.1) is 21.3 Å². The number of thiazole rings is 1. The number of rotatable bonds is 6. The minimum absolute atomic E-state index is 0.0750. The van der Waals surface area contributed by atoms with Gasteiger partial charge in [-0.1, -0.05) is 66.4 Å². The van der Waals surface area contributed by atoms with Gasteiger partial charge in [-0.05, 0) is 59.5 Å². The van der Waals surface area contributed by atoms with Crippen LogP contribution in [-0.2, 0) is 5.75 Å². The molecule has 1 fully saturated rings. The van der Waals surface area contributed by atoms with Gasteiger partial charge >= 0.3 is 0 Å². The van der Waals surface area contributed by atoms with E-state index in [-0.39, 0.29) is 11.8 Å². The summed E-state index contributed by atoms with van der Waals surface area (Å²) in [5.74, 6) is 0.485. The highest BCUT2D eigenvalue weighted by atomic mass is 32.2. The Bertz CT molecular complexity index is 1620. The van der Waals surface area contributed by atoms with Gasteiger partial charge in [-0.3, -0.25) is 9.59 Å². The van der Waals surface area contributed by atoms with Gasteiger partial charge in [-0.25, -0.2) is 4.98 Å². The molecule has 0 radical (unpaired) electrons. The predicted octanol–water partition coefficient (Wildman–Crippen LogP) is 7.23. The molecule has 6 rings (SSSR count). The normalized spacial score (nSPS) is 13.4. The van der Waals surface area contributed by atoms with Gasteiger partial charge in [-0.2, -0.15) is 0 Å². The van der Waals surface area contributed by atoms with E-state index in [2.05, 4.69) is 47.8 Å². The Labute approximate surface area is 223 Å². The Morgan fingerprint density at radius 1 is 0.892 bits per heavy atom. The maximum absolute atomic E-state index is 13.2. The number of amides is 2. The molecule has 0 unspecified atom stereocenters. The molecule has 0 bridgehead atoms. The zero-order valence-corrected chi connectivity index (χ0v) is 21.8. The minimum atomic E-state index is -0.280. The van der Waals surface area contributed by atoms with Crippen LogP contribution in [0, 0.1) is 0 Å². The molecule has 1 aromatic heterocycles. The van der Waals surface area contributed by atoms with Crippen molar-refractivity contribution in [1.29, 1.82) is 0 Å². The van der Waals surface area contributed by atoms with Crippen LogP contribution >= 0.6 is 23.1 Å². The van der Waals surface area contributed by atoms with Crippen molar-refractivity contribution in [2.45, 2.75) is 22.9 Å². The second kappa shape index (κ2) is 10.4. The summed E-state index contributed by atoms with van der Waals surface area (Å²) >= 11 is 3.35. The molecular weight excluding hydrogens is 498 g/mol. The molecule has 1 aliphatic rings. The largest absolute Gasteiger partial charge is 0.339 e. The molecule has 0 atom stereocenters. The van der Waals surface area contributed by atoms with Crippen molar-refractivity contribution in [2.75, 3.05) is 18.4 Å². The summed E-state index contributed by atoms with van der Waals surface area (Å²) in [7, 11) is 0. The molecule has 0 spiro atoms. The number of aromatic nitrogens is 1. The SMILES string of the molecule is O=C(Nc1ccc2nc(SCc3cccc4ccccc34)sc2c1)c1ccccc1C(=O)N1CCCC1. The lowest BCUT2D eigenvalue weighted by Crippen LogP contribution is -2.29. The molecule has 0 aliphatic carbocycles. The zero-order valence-electron chi connectivity index (χ0n) is 20.1. The molecule has 1 saturated heterocycles. The number of thioether (sulfide) groups is 1. The third-order valence-corrected chi connectivity index (χ3v) is 8.86. The van der Waals surface area contributed by atoms with Gasteiger partial charge < -0.3 is 10.2 Å². The molecule has 0 saturated carbocycles.